The Morgan fingerprint density at radius 3 is 2.87 bits per heavy atom. The van der Waals surface area contributed by atoms with Crippen molar-refractivity contribution in [2.75, 3.05) is 11.9 Å². The predicted molar refractivity (Wildman–Crippen MR) is 116 cm³/mol. The van der Waals surface area contributed by atoms with Crippen LogP contribution in [0.4, 0.5) is 5.69 Å². The number of aromatic nitrogens is 3. The van der Waals surface area contributed by atoms with Crippen LogP contribution in [0.2, 0.25) is 0 Å². The Morgan fingerprint density at radius 2 is 2.13 bits per heavy atom. The maximum atomic E-state index is 12.9. The van der Waals surface area contributed by atoms with Crippen LogP contribution >= 0.6 is 0 Å². The van der Waals surface area contributed by atoms with Gasteiger partial charge in [-0.1, -0.05) is 0 Å². The molecule has 8 heteroatoms. The lowest BCUT2D eigenvalue weighted by Crippen LogP contribution is -2.32. The Hall–Kier alpha value is -3.68. The second-order valence-electron chi connectivity index (χ2n) is 7.75. The average Bonchev–Trinajstić information content (AvgIpc) is 3.18. The van der Waals surface area contributed by atoms with E-state index in [4.69, 9.17) is 4.74 Å². The van der Waals surface area contributed by atoms with Crippen molar-refractivity contribution >= 4 is 17.5 Å². The molecule has 0 spiro atoms. The number of rotatable bonds is 6. The van der Waals surface area contributed by atoms with Crippen LogP contribution in [0, 0.1) is 12.8 Å². The van der Waals surface area contributed by atoms with Crippen molar-refractivity contribution in [1.82, 2.24) is 20.1 Å². The molecule has 0 bridgehead atoms. The smallest absolute Gasteiger partial charge is 0.259 e. The van der Waals surface area contributed by atoms with Gasteiger partial charge in [0.1, 0.15) is 11.5 Å². The summed E-state index contributed by atoms with van der Waals surface area (Å²) < 4.78 is 7.73. The lowest BCUT2D eigenvalue weighted by molar-refractivity contribution is -0.119. The summed E-state index contributed by atoms with van der Waals surface area (Å²) in [5.41, 5.74) is 3.06. The third-order valence-electron chi connectivity index (χ3n) is 5.36. The van der Waals surface area contributed by atoms with Crippen molar-refractivity contribution < 1.29 is 14.3 Å². The van der Waals surface area contributed by atoms with E-state index in [0.29, 0.717) is 41.6 Å². The van der Waals surface area contributed by atoms with Gasteiger partial charge in [-0.05, 0) is 61.6 Å². The minimum atomic E-state index is -0.193. The van der Waals surface area contributed by atoms with Crippen molar-refractivity contribution in [3.8, 4) is 11.5 Å². The lowest BCUT2D eigenvalue weighted by Gasteiger charge is -2.24. The standard InChI is InChI=1S/C23H25N5O3/c1-15-10-18(5-6-22(15)31-19-4-3-8-24-13-19)27-23(30)20-14-26-28-9-7-17(11-21(20)28)12-25-16(2)29/h3-6,8,10,13-14,17H,7,9,11-12H2,1-2H3,(H,25,29)(H,27,30)/t17-/m1/s1. The Bertz CT molecular complexity index is 1090. The highest BCUT2D eigenvalue weighted by Crippen LogP contribution is 2.28. The largest absolute Gasteiger partial charge is 0.455 e. The van der Waals surface area contributed by atoms with Crippen LogP contribution in [0.5, 0.6) is 11.5 Å². The maximum Gasteiger partial charge on any atom is 0.259 e. The van der Waals surface area contributed by atoms with Crippen LogP contribution in [0.3, 0.4) is 0 Å². The quantitative estimate of drug-likeness (QED) is 0.639. The summed E-state index contributed by atoms with van der Waals surface area (Å²) in [4.78, 5) is 28.2. The first-order chi connectivity index (χ1) is 15.0. The maximum absolute atomic E-state index is 12.9. The molecule has 0 aliphatic carbocycles. The molecule has 160 valence electrons. The number of anilines is 1. The molecule has 0 radical (unpaired) electrons. The molecule has 1 aliphatic rings. The number of amides is 2. The van der Waals surface area contributed by atoms with Gasteiger partial charge in [-0.15, -0.1) is 0 Å². The van der Waals surface area contributed by atoms with Crippen molar-refractivity contribution in [3.63, 3.8) is 0 Å². The number of hydrogen-bond donors (Lipinski definition) is 2. The Kier molecular flexibility index (Phi) is 5.97. The van der Waals surface area contributed by atoms with Crippen LogP contribution in [0.25, 0.3) is 0 Å². The SMILES string of the molecule is CC(=O)NC[C@@H]1CCn2ncc(C(=O)Nc3ccc(Oc4cccnc4)c(C)c3)c2C1. The van der Waals surface area contributed by atoms with Crippen LogP contribution in [-0.2, 0) is 17.8 Å². The van der Waals surface area contributed by atoms with Crippen LogP contribution in [-0.4, -0.2) is 33.1 Å². The number of carbonyl (C=O) groups is 2. The Morgan fingerprint density at radius 1 is 1.26 bits per heavy atom. The molecule has 2 aromatic heterocycles. The Balaban J connectivity index is 1.44. The van der Waals surface area contributed by atoms with E-state index in [1.165, 1.54) is 6.92 Å². The van der Waals surface area contributed by atoms with E-state index >= 15 is 0 Å². The second-order valence-corrected chi connectivity index (χ2v) is 7.75. The fourth-order valence-corrected chi connectivity index (χ4v) is 3.73. The fourth-order valence-electron chi connectivity index (χ4n) is 3.73. The summed E-state index contributed by atoms with van der Waals surface area (Å²) in [6.07, 6.45) is 6.60. The van der Waals surface area contributed by atoms with E-state index < -0.39 is 0 Å². The van der Waals surface area contributed by atoms with Crippen molar-refractivity contribution in [2.24, 2.45) is 5.92 Å². The zero-order chi connectivity index (χ0) is 21.8. The first-order valence-corrected chi connectivity index (χ1v) is 10.3. The van der Waals surface area contributed by atoms with Crippen molar-refractivity contribution in [2.45, 2.75) is 33.2 Å². The van der Waals surface area contributed by atoms with Gasteiger partial charge in [-0.3, -0.25) is 19.3 Å². The molecular formula is C23H25N5O3. The molecule has 0 saturated carbocycles. The van der Waals surface area contributed by atoms with Gasteiger partial charge in [0.15, 0.2) is 0 Å². The molecule has 2 N–H and O–H groups in total. The molecule has 0 saturated heterocycles. The van der Waals surface area contributed by atoms with E-state index in [0.717, 1.165) is 24.2 Å². The Labute approximate surface area is 180 Å². The topological polar surface area (TPSA) is 98.1 Å². The number of nitrogens with one attached hydrogen (secondary N) is 2. The molecule has 1 aromatic carbocycles. The van der Waals surface area contributed by atoms with E-state index in [-0.39, 0.29) is 11.8 Å². The first-order valence-electron chi connectivity index (χ1n) is 10.3. The number of nitrogens with zero attached hydrogens (tertiary/aromatic N) is 3. The molecule has 4 rings (SSSR count). The first kappa shape index (κ1) is 20.6. The molecule has 31 heavy (non-hydrogen) atoms. The number of hydrogen-bond acceptors (Lipinski definition) is 5. The van der Waals surface area contributed by atoms with Gasteiger partial charge in [0, 0.05) is 31.9 Å². The monoisotopic (exact) mass is 419 g/mol. The van der Waals surface area contributed by atoms with Crippen LogP contribution < -0.4 is 15.4 Å². The molecule has 0 unspecified atom stereocenters. The second kappa shape index (κ2) is 8.99. The van der Waals surface area contributed by atoms with E-state index in [1.807, 2.05) is 41.9 Å². The highest BCUT2D eigenvalue weighted by Gasteiger charge is 2.25. The molecule has 1 aliphatic heterocycles. The molecule has 8 nitrogen and oxygen atoms in total. The number of fused-ring (bicyclic) bond motifs is 1. The van der Waals surface area contributed by atoms with Crippen molar-refractivity contribution in [1.29, 1.82) is 0 Å². The highest BCUT2D eigenvalue weighted by atomic mass is 16.5. The molecular weight excluding hydrogens is 394 g/mol. The molecule has 3 heterocycles. The molecule has 0 fully saturated rings. The zero-order valence-electron chi connectivity index (χ0n) is 17.6. The predicted octanol–water partition coefficient (Wildman–Crippen LogP) is 3.33. The summed E-state index contributed by atoms with van der Waals surface area (Å²) in [6.45, 7) is 4.79. The van der Waals surface area contributed by atoms with E-state index in [2.05, 4.69) is 20.7 Å². The average molecular weight is 419 g/mol. The normalized spacial score (nSPS) is 15.1. The summed E-state index contributed by atoms with van der Waals surface area (Å²) >= 11 is 0. The summed E-state index contributed by atoms with van der Waals surface area (Å²) in [5.74, 6) is 1.42. The highest BCUT2D eigenvalue weighted by molar-refractivity contribution is 6.05. The molecule has 3 aromatic rings. The molecule has 2 amide bonds. The van der Waals surface area contributed by atoms with E-state index in [1.54, 1.807) is 18.6 Å². The third-order valence-corrected chi connectivity index (χ3v) is 5.36. The number of pyridine rings is 1. The van der Waals surface area contributed by atoms with Crippen molar-refractivity contribution in [3.05, 3.63) is 65.7 Å². The fraction of sp³-hybridized carbons (Fsp3) is 0.304. The number of benzene rings is 1. The van der Waals surface area contributed by atoms with Crippen LogP contribution in [0.15, 0.2) is 48.9 Å². The number of ether oxygens (including phenoxy) is 1. The number of carbonyl (C=O) groups excluding carboxylic acids is 2. The van der Waals surface area contributed by atoms with Gasteiger partial charge in [0.2, 0.25) is 5.91 Å². The summed E-state index contributed by atoms with van der Waals surface area (Å²) in [6, 6.07) is 9.16. The number of aryl methyl sites for hydroxylation is 2. The molecule has 1 atom stereocenters. The van der Waals surface area contributed by atoms with Gasteiger partial charge in [0.05, 0.1) is 23.7 Å². The summed E-state index contributed by atoms with van der Waals surface area (Å²) in [7, 11) is 0. The van der Waals surface area contributed by atoms with E-state index in [9.17, 15) is 9.59 Å². The minimum Gasteiger partial charge on any atom is -0.455 e. The minimum absolute atomic E-state index is 0.0385. The van der Waals surface area contributed by atoms with Gasteiger partial charge in [0.25, 0.3) is 5.91 Å². The van der Waals surface area contributed by atoms with Gasteiger partial charge >= 0.3 is 0 Å². The van der Waals surface area contributed by atoms with Gasteiger partial charge in [-0.2, -0.15) is 5.10 Å². The van der Waals surface area contributed by atoms with Gasteiger partial charge < -0.3 is 15.4 Å². The van der Waals surface area contributed by atoms with Gasteiger partial charge in [-0.25, -0.2) is 0 Å². The lowest BCUT2D eigenvalue weighted by atomic mass is 9.94. The summed E-state index contributed by atoms with van der Waals surface area (Å²) in [5, 5.41) is 10.2. The zero-order valence-corrected chi connectivity index (χ0v) is 17.6. The van der Waals surface area contributed by atoms with Crippen LogP contribution in [0.1, 0.15) is 35.0 Å². The third kappa shape index (κ3) is 4.91.